The van der Waals surface area contributed by atoms with Gasteiger partial charge in [-0.2, -0.15) is 0 Å². The number of halogens is 1. The van der Waals surface area contributed by atoms with Crippen molar-refractivity contribution in [1.82, 2.24) is 20.6 Å². The Bertz CT molecular complexity index is 345. The van der Waals surface area contributed by atoms with Crippen molar-refractivity contribution in [3.05, 3.63) is 24.3 Å². The summed E-state index contributed by atoms with van der Waals surface area (Å²) in [5, 5.41) is 5.42. The Morgan fingerprint density at radius 2 is 2.40 bits per heavy atom. The van der Waals surface area contributed by atoms with E-state index in [-0.39, 0.29) is 18.1 Å². The van der Waals surface area contributed by atoms with E-state index in [1.807, 2.05) is 0 Å². The molecule has 1 aliphatic heterocycles. The first-order valence-corrected chi connectivity index (χ1v) is 4.69. The van der Waals surface area contributed by atoms with Crippen LogP contribution in [0.15, 0.2) is 18.6 Å². The molecule has 0 radical (unpaired) electrons. The molecule has 1 amide bonds. The normalized spacial score (nSPS) is 25.1. The lowest BCUT2D eigenvalue weighted by atomic mass is 10.2. The molecule has 1 saturated heterocycles. The lowest BCUT2D eigenvalue weighted by Crippen LogP contribution is -2.41. The van der Waals surface area contributed by atoms with Crippen LogP contribution in [0.4, 0.5) is 4.39 Å². The third-order valence-electron chi connectivity index (χ3n) is 2.25. The molecular weight excluding hydrogens is 199 g/mol. The molecule has 0 aromatic carbocycles. The van der Waals surface area contributed by atoms with Gasteiger partial charge in [0.2, 0.25) is 0 Å². The summed E-state index contributed by atoms with van der Waals surface area (Å²) < 4.78 is 13.2. The lowest BCUT2D eigenvalue weighted by molar-refractivity contribution is 0.0918. The van der Waals surface area contributed by atoms with Crippen molar-refractivity contribution in [3.8, 4) is 0 Å². The van der Waals surface area contributed by atoms with Gasteiger partial charge in [-0.25, -0.2) is 9.37 Å². The number of carbonyl (C=O) groups is 1. The molecule has 1 fully saturated rings. The zero-order chi connectivity index (χ0) is 10.7. The second kappa shape index (κ2) is 4.31. The number of aromatic nitrogens is 2. The molecule has 1 aromatic rings. The second-order valence-electron chi connectivity index (χ2n) is 3.34. The van der Waals surface area contributed by atoms with Crippen molar-refractivity contribution in [2.75, 3.05) is 13.1 Å². The summed E-state index contributed by atoms with van der Waals surface area (Å²) >= 11 is 0. The largest absolute Gasteiger partial charge is 0.344 e. The first-order chi connectivity index (χ1) is 7.27. The van der Waals surface area contributed by atoms with Crippen LogP contribution < -0.4 is 10.6 Å². The second-order valence-corrected chi connectivity index (χ2v) is 3.34. The van der Waals surface area contributed by atoms with Gasteiger partial charge >= 0.3 is 0 Å². The maximum Gasteiger partial charge on any atom is 0.271 e. The number of nitrogens with zero attached hydrogens (tertiary/aromatic N) is 2. The molecule has 5 nitrogen and oxygen atoms in total. The predicted octanol–water partition coefficient (Wildman–Crippen LogP) is -0.484. The van der Waals surface area contributed by atoms with Gasteiger partial charge in [-0.1, -0.05) is 0 Å². The highest BCUT2D eigenvalue weighted by atomic mass is 19.1. The molecule has 80 valence electrons. The molecule has 6 heteroatoms. The molecule has 0 saturated carbocycles. The molecule has 2 rings (SSSR count). The fourth-order valence-electron chi connectivity index (χ4n) is 1.45. The topological polar surface area (TPSA) is 66.9 Å². The molecule has 1 aliphatic rings. The molecule has 0 spiro atoms. The number of hydrogen-bond acceptors (Lipinski definition) is 4. The standard InChI is InChI=1S/C9H11FN4O/c10-6-3-12-4-7(6)14-9(15)8-5-11-1-2-13-8/h1-2,5-7,12H,3-4H2,(H,14,15)/t6-,7-/m0/s1. The van der Waals surface area contributed by atoms with Gasteiger partial charge in [0, 0.05) is 25.5 Å². The average molecular weight is 210 g/mol. The van der Waals surface area contributed by atoms with E-state index in [9.17, 15) is 9.18 Å². The number of alkyl halides is 1. The predicted molar refractivity (Wildman–Crippen MR) is 51.1 cm³/mol. The van der Waals surface area contributed by atoms with Gasteiger partial charge in [-0.05, 0) is 0 Å². The van der Waals surface area contributed by atoms with Crippen LogP contribution in [0.3, 0.4) is 0 Å². The number of rotatable bonds is 2. The Labute approximate surface area is 86.1 Å². The van der Waals surface area contributed by atoms with Crippen LogP contribution in [0.25, 0.3) is 0 Å². The van der Waals surface area contributed by atoms with Gasteiger partial charge in [-0.15, -0.1) is 0 Å². The Hall–Kier alpha value is -1.56. The molecule has 15 heavy (non-hydrogen) atoms. The summed E-state index contributed by atoms with van der Waals surface area (Å²) in [7, 11) is 0. The van der Waals surface area contributed by atoms with Gasteiger partial charge in [0.15, 0.2) is 0 Å². The SMILES string of the molecule is O=C(N[C@H]1CNC[C@@H]1F)c1cnccn1. The van der Waals surface area contributed by atoms with E-state index in [0.29, 0.717) is 6.54 Å². The monoisotopic (exact) mass is 210 g/mol. The molecule has 2 heterocycles. The van der Waals surface area contributed by atoms with Crippen molar-refractivity contribution in [3.63, 3.8) is 0 Å². The molecule has 1 aromatic heterocycles. The van der Waals surface area contributed by atoms with Gasteiger partial charge in [0.1, 0.15) is 11.9 Å². The van der Waals surface area contributed by atoms with Crippen LogP contribution in [0, 0.1) is 0 Å². The van der Waals surface area contributed by atoms with E-state index in [2.05, 4.69) is 20.6 Å². The van der Waals surface area contributed by atoms with Crippen LogP contribution in [0.1, 0.15) is 10.5 Å². The minimum absolute atomic E-state index is 0.205. The summed E-state index contributed by atoms with van der Waals surface area (Å²) in [6, 6.07) is -0.473. The van der Waals surface area contributed by atoms with Gasteiger partial charge in [0.25, 0.3) is 5.91 Å². The third kappa shape index (κ3) is 2.27. The number of amides is 1. The highest BCUT2D eigenvalue weighted by molar-refractivity contribution is 5.92. The number of nitrogens with one attached hydrogen (secondary N) is 2. The van der Waals surface area contributed by atoms with Crippen molar-refractivity contribution in [2.24, 2.45) is 0 Å². The van der Waals surface area contributed by atoms with Crippen LogP contribution in [-0.4, -0.2) is 41.2 Å². The zero-order valence-electron chi connectivity index (χ0n) is 7.98. The quantitative estimate of drug-likeness (QED) is 0.691. The van der Waals surface area contributed by atoms with Gasteiger partial charge in [0.05, 0.1) is 12.2 Å². The molecule has 0 bridgehead atoms. The molecule has 2 atom stereocenters. The number of carbonyl (C=O) groups excluding carboxylic acids is 1. The van der Waals surface area contributed by atoms with Crippen molar-refractivity contribution in [2.45, 2.75) is 12.2 Å². The number of hydrogen-bond donors (Lipinski definition) is 2. The average Bonchev–Trinajstić information content (AvgIpc) is 2.66. The smallest absolute Gasteiger partial charge is 0.271 e. The zero-order valence-corrected chi connectivity index (χ0v) is 7.98. The first-order valence-electron chi connectivity index (χ1n) is 4.69. The van der Waals surface area contributed by atoms with E-state index >= 15 is 0 Å². The Kier molecular flexibility index (Phi) is 2.86. The van der Waals surface area contributed by atoms with Crippen molar-refractivity contribution < 1.29 is 9.18 Å². The Morgan fingerprint density at radius 1 is 1.53 bits per heavy atom. The van der Waals surface area contributed by atoms with Crippen molar-refractivity contribution >= 4 is 5.91 Å². The fraction of sp³-hybridized carbons (Fsp3) is 0.444. The Balaban J connectivity index is 1.98. The summed E-state index contributed by atoms with van der Waals surface area (Å²) in [6.45, 7) is 0.735. The highest BCUT2D eigenvalue weighted by Gasteiger charge is 2.28. The minimum atomic E-state index is -1.04. The molecule has 0 unspecified atom stereocenters. The molecule has 2 N–H and O–H groups in total. The third-order valence-corrected chi connectivity index (χ3v) is 2.25. The summed E-state index contributed by atoms with van der Waals surface area (Å²) in [4.78, 5) is 19.1. The Morgan fingerprint density at radius 3 is 3.00 bits per heavy atom. The van der Waals surface area contributed by atoms with Crippen molar-refractivity contribution in [1.29, 1.82) is 0 Å². The summed E-state index contributed by atoms with van der Waals surface area (Å²) in [5.41, 5.74) is 0.205. The maximum absolute atomic E-state index is 13.2. The van der Waals surface area contributed by atoms with E-state index < -0.39 is 12.2 Å². The minimum Gasteiger partial charge on any atom is -0.344 e. The van der Waals surface area contributed by atoms with Crippen LogP contribution in [0.5, 0.6) is 0 Å². The fourth-order valence-corrected chi connectivity index (χ4v) is 1.45. The van der Waals surface area contributed by atoms with Crippen LogP contribution in [0.2, 0.25) is 0 Å². The highest BCUT2D eigenvalue weighted by Crippen LogP contribution is 2.04. The maximum atomic E-state index is 13.2. The van der Waals surface area contributed by atoms with Gasteiger partial charge in [-0.3, -0.25) is 9.78 Å². The van der Waals surface area contributed by atoms with E-state index in [1.54, 1.807) is 0 Å². The summed E-state index contributed by atoms with van der Waals surface area (Å²) in [6.07, 6.45) is 3.22. The van der Waals surface area contributed by atoms with Gasteiger partial charge < -0.3 is 10.6 Å². The molecular formula is C9H11FN4O. The summed E-state index contributed by atoms with van der Waals surface area (Å²) in [5.74, 6) is -0.389. The first kappa shape index (κ1) is 9.97. The lowest BCUT2D eigenvalue weighted by Gasteiger charge is -2.12. The van der Waals surface area contributed by atoms with E-state index in [1.165, 1.54) is 18.6 Å². The van der Waals surface area contributed by atoms with Crippen LogP contribution >= 0.6 is 0 Å². The molecule has 0 aliphatic carbocycles. The van der Waals surface area contributed by atoms with E-state index in [0.717, 1.165) is 0 Å². The van der Waals surface area contributed by atoms with Crippen LogP contribution in [-0.2, 0) is 0 Å². The van der Waals surface area contributed by atoms with E-state index in [4.69, 9.17) is 0 Å².